The topological polar surface area (TPSA) is 96.0 Å². The largest absolute Gasteiger partial charge is 0.495 e. The Morgan fingerprint density at radius 1 is 0.950 bits per heavy atom. The fourth-order valence-electron chi connectivity index (χ4n) is 4.03. The van der Waals surface area contributed by atoms with Crippen molar-refractivity contribution in [2.45, 2.75) is 45.2 Å². The van der Waals surface area contributed by atoms with Gasteiger partial charge < -0.3 is 15.0 Å². The summed E-state index contributed by atoms with van der Waals surface area (Å²) in [6.45, 7) is 6.77. The monoisotopic (exact) mass is 569 g/mol. The van der Waals surface area contributed by atoms with Crippen LogP contribution in [0, 0.1) is 18.7 Å². The van der Waals surface area contributed by atoms with Gasteiger partial charge in [0.1, 0.15) is 24.2 Å². The zero-order valence-electron chi connectivity index (χ0n) is 23.4. The number of anilines is 1. The molecular formula is C30H36FN3O5S. The lowest BCUT2D eigenvalue weighted by Crippen LogP contribution is -2.51. The molecule has 1 atom stereocenters. The first-order valence-corrected chi connectivity index (χ1v) is 14.4. The minimum atomic E-state index is -4.25. The van der Waals surface area contributed by atoms with E-state index in [-0.39, 0.29) is 34.4 Å². The van der Waals surface area contributed by atoms with E-state index in [4.69, 9.17) is 4.74 Å². The Morgan fingerprint density at radius 2 is 1.57 bits per heavy atom. The number of benzene rings is 3. The van der Waals surface area contributed by atoms with Crippen LogP contribution in [-0.4, -0.2) is 51.4 Å². The molecule has 0 heterocycles. The number of carbonyl (C=O) groups excluding carboxylic acids is 2. The second-order valence-electron chi connectivity index (χ2n) is 9.92. The maximum Gasteiger partial charge on any atom is 0.264 e. The van der Waals surface area contributed by atoms with Crippen LogP contribution in [0.1, 0.15) is 31.9 Å². The Balaban J connectivity index is 2.06. The van der Waals surface area contributed by atoms with Gasteiger partial charge in [-0.1, -0.05) is 61.9 Å². The van der Waals surface area contributed by atoms with Crippen LogP contribution in [0.4, 0.5) is 10.1 Å². The maximum absolute atomic E-state index is 14.6. The second-order valence-corrected chi connectivity index (χ2v) is 11.8. The lowest BCUT2D eigenvalue weighted by atomic mass is 10.1. The predicted molar refractivity (Wildman–Crippen MR) is 153 cm³/mol. The first kappa shape index (κ1) is 30.6. The second kappa shape index (κ2) is 13.4. The first-order chi connectivity index (χ1) is 18.9. The SMILES string of the molecule is COc1ccccc1N(CC(=O)N(Cc1ccccc1F)[C@@H](C)C(=O)NCC(C)C)S(=O)(=O)c1ccc(C)cc1. The molecule has 0 radical (unpaired) electrons. The Hall–Kier alpha value is -3.92. The Kier molecular flexibility index (Phi) is 10.3. The van der Waals surface area contributed by atoms with Crippen molar-refractivity contribution < 1.29 is 27.1 Å². The number of carbonyl (C=O) groups is 2. The van der Waals surface area contributed by atoms with Crippen LogP contribution in [0.3, 0.4) is 0 Å². The molecule has 0 bridgehead atoms. The Bertz CT molecular complexity index is 1430. The number of nitrogens with one attached hydrogen (secondary N) is 1. The molecule has 0 saturated carbocycles. The Morgan fingerprint density at radius 3 is 2.20 bits per heavy atom. The van der Waals surface area contributed by atoms with Gasteiger partial charge in [-0.15, -0.1) is 0 Å². The highest BCUT2D eigenvalue weighted by molar-refractivity contribution is 7.92. The van der Waals surface area contributed by atoms with Crippen LogP contribution in [-0.2, 0) is 26.2 Å². The first-order valence-electron chi connectivity index (χ1n) is 13.0. The summed E-state index contributed by atoms with van der Waals surface area (Å²) in [6.07, 6.45) is 0. The standard InChI is InChI=1S/C30H36FN3O5S/c1-21(2)18-32-30(36)23(4)33(19-24-10-6-7-11-26(24)31)29(35)20-34(27-12-8-9-13-28(27)39-5)40(37,38)25-16-14-22(3)15-17-25/h6-17,21,23H,18-20H2,1-5H3,(H,32,36)/t23-/m0/s1. The number of hydrogen-bond donors (Lipinski definition) is 1. The van der Waals surface area contributed by atoms with Gasteiger partial charge in [-0.05, 0) is 50.1 Å². The molecule has 0 aliphatic rings. The molecular weight excluding hydrogens is 533 g/mol. The third kappa shape index (κ3) is 7.38. The van der Waals surface area contributed by atoms with Gasteiger partial charge in [0.25, 0.3) is 10.0 Å². The zero-order valence-corrected chi connectivity index (χ0v) is 24.2. The number of para-hydroxylation sites is 2. The molecule has 0 aliphatic carbocycles. The van der Waals surface area contributed by atoms with E-state index in [0.29, 0.717) is 6.54 Å². The average molecular weight is 570 g/mol. The number of nitrogens with zero attached hydrogens (tertiary/aromatic N) is 2. The molecule has 0 fully saturated rings. The van der Waals surface area contributed by atoms with Crippen LogP contribution >= 0.6 is 0 Å². The van der Waals surface area contributed by atoms with Gasteiger partial charge in [-0.2, -0.15) is 0 Å². The van der Waals surface area contributed by atoms with Crippen LogP contribution in [0.25, 0.3) is 0 Å². The molecule has 0 unspecified atom stereocenters. The van der Waals surface area contributed by atoms with Crippen molar-refractivity contribution >= 4 is 27.5 Å². The van der Waals surface area contributed by atoms with Gasteiger partial charge in [0.2, 0.25) is 11.8 Å². The van der Waals surface area contributed by atoms with Gasteiger partial charge >= 0.3 is 0 Å². The molecule has 1 N–H and O–H groups in total. The van der Waals surface area contributed by atoms with Gasteiger partial charge in [0.15, 0.2) is 0 Å². The summed E-state index contributed by atoms with van der Waals surface area (Å²) >= 11 is 0. The fourth-order valence-corrected chi connectivity index (χ4v) is 5.46. The third-order valence-corrected chi connectivity index (χ3v) is 8.17. The summed E-state index contributed by atoms with van der Waals surface area (Å²) in [5, 5.41) is 2.80. The fraction of sp³-hybridized carbons (Fsp3) is 0.333. The molecule has 0 saturated heterocycles. The highest BCUT2D eigenvalue weighted by Gasteiger charge is 2.34. The molecule has 2 amide bonds. The van der Waals surface area contributed by atoms with Crippen LogP contribution in [0.15, 0.2) is 77.7 Å². The van der Waals surface area contributed by atoms with E-state index in [9.17, 15) is 22.4 Å². The van der Waals surface area contributed by atoms with E-state index in [2.05, 4.69) is 5.32 Å². The summed E-state index contributed by atoms with van der Waals surface area (Å²) in [5.41, 5.74) is 1.22. The molecule has 8 nitrogen and oxygen atoms in total. The quantitative estimate of drug-likeness (QED) is 0.346. The number of methoxy groups -OCH3 is 1. The molecule has 0 aromatic heterocycles. The highest BCUT2D eigenvalue weighted by atomic mass is 32.2. The molecule has 214 valence electrons. The molecule has 0 aliphatic heterocycles. The molecule has 0 spiro atoms. The van der Waals surface area contributed by atoms with Crippen molar-refractivity contribution in [3.63, 3.8) is 0 Å². The summed E-state index contributed by atoms with van der Waals surface area (Å²) in [6, 6.07) is 17.7. The summed E-state index contributed by atoms with van der Waals surface area (Å²) in [5.74, 6) is -1.23. The lowest BCUT2D eigenvalue weighted by Gasteiger charge is -2.32. The Labute approximate surface area is 235 Å². The molecule has 10 heteroatoms. The van der Waals surface area contributed by atoms with Crippen molar-refractivity contribution in [1.82, 2.24) is 10.2 Å². The zero-order chi connectivity index (χ0) is 29.4. The van der Waals surface area contributed by atoms with E-state index in [1.165, 1.54) is 55.3 Å². The average Bonchev–Trinajstić information content (AvgIpc) is 2.93. The van der Waals surface area contributed by atoms with E-state index in [1.807, 2.05) is 20.8 Å². The number of amides is 2. The summed E-state index contributed by atoms with van der Waals surface area (Å²) in [7, 11) is -2.84. The lowest BCUT2D eigenvalue weighted by molar-refractivity contribution is -0.139. The number of sulfonamides is 1. The van der Waals surface area contributed by atoms with Crippen molar-refractivity contribution in [2.75, 3.05) is 24.5 Å². The normalized spacial score (nSPS) is 12.1. The van der Waals surface area contributed by atoms with E-state index in [0.717, 1.165) is 9.87 Å². The third-order valence-electron chi connectivity index (χ3n) is 6.39. The minimum absolute atomic E-state index is 0.0137. The highest BCUT2D eigenvalue weighted by Crippen LogP contribution is 2.32. The van der Waals surface area contributed by atoms with Crippen molar-refractivity contribution in [2.24, 2.45) is 5.92 Å². The summed E-state index contributed by atoms with van der Waals surface area (Å²) < 4.78 is 48.9. The van der Waals surface area contributed by atoms with Crippen molar-refractivity contribution in [1.29, 1.82) is 0 Å². The van der Waals surface area contributed by atoms with E-state index < -0.39 is 40.2 Å². The maximum atomic E-state index is 14.6. The van der Waals surface area contributed by atoms with Gasteiger partial charge in [0, 0.05) is 18.7 Å². The predicted octanol–water partition coefficient (Wildman–Crippen LogP) is 4.53. The number of halogens is 1. The van der Waals surface area contributed by atoms with Crippen molar-refractivity contribution in [3.05, 3.63) is 89.7 Å². The minimum Gasteiger partial charge on any atom is -0.495 e. The molecule has 3 aromatic carbocycles. The summed E-state index contributed by atoms with van der Waals surface area (Å²) in [4.78, 5) is 28.1. The number of hydrogen-bond acceptors (Lipinski definition) is 5. The van der Waals surface area contributed by atoms with E-state index >= 15 is 0 Å². The van der Waals surface area contributed by atoms with Crippen LogP contribution < -0.4 is 14.4 Å². The number of rotatable bonds is 12. The van der Waals surface area contributed by atoms with Gasteiger partial charge in [-0.25, -0.2) is 12.8 Å². The number of ether oxygens (including phenoxy) is 1. The molecule has 3 aromatic rings. The van der Waals surface area contributed by atoms with E-state index in [1.54, 1.807) is 36.4 Å². The smallest absolute Gasteiger partial charge is 0.264 e. The van der Waals surface area contributed by atoms with Crippen LogP contribution in [0.2, 0.25) is 0 Å². The molecule has 3 rings (SSSR count). The van der Waals surface area contributed by atoms with Crippen molar-refractivity contribution in [3.8, 4) is 5.75 Å². The van der Waals surface area contributed by atoms with Gasteiger partial charge in [0.05, 0.1) is 17.7 Å². The number of aryl methyl sites for hydroxylation is 1. The molecule has 40 heavy (non-hydrogen) atoms. The van der Waals surface area contributed by atoms with Gasteiger partial charge in [-0.3, -0.25) is 13.9 Å². The van der Waals surface area contributed by atoms with Crippen LogP contribution in [0.5, 0.6) is 5.75 Å².